The van der Waals surface area contributed by atoms with E-state index in [2.05, 4.69) is 155 Å². The van der Waals surface area contributed by atoms with E-state index in [4.69, 9.17) is 0 Å². The average Bonchev–Trinajstić information content (AvgIpc) is 3.80. The summed E-state index contributed by atoms with van der Waals surface area (Å²) in [5, 5.41) is 24.8. The molecule has 1 fully saturated rings. The number of hydrogen-bond donors (Lipinski definition) is 0. The van der Waals surface area contributed by atoms with Crippen molar-refractivity contribution < 1.29 is 0 Å². The van der Waals surface area contributed by atoms with Gasteiger partial charge < -0.3 is 9.13 Å². The minimum Gasteiger partial charge on any atom is -0.309 e. The first-order valence-electron chi connectivity index (χ1n) is 16.7. The molecule has 2 aliphatic rings. The van der Waals surface area contributed by atoms with Crippen LogP contribution in [0.5, 0.6) is 0 Å². The summed E-state index contributed by atoms with van der Waals surface area (Å²) in [6.45, 7) is 0. The van der Waals surface area contributed by atoms with Crippen molar-refractivity contribution in [1.82, 2.24) is 9.13 Å². The molecule has 2 aliphatic carbocycles. The summed E-state index contributed by atoms with van der Waals surface area (Å²) in [7, 11) is 0. The van der Waals surface area contributed by atoms with Gasteiger partial charge in [-0.15, -0.1) is 0 Å². The number of para-hydroxylation sites is 4. The highest BCUT2D eigenvalue weighted by molar-refractivity contribution is 6.10. The fourth-order valence-electron chi connectivity index (χ4n) is 8.31. The molecule has 0 aliphatic heterocycles. The van der Waals surface area contributed by atoms with Crippen molar-refractivity contribution >= 4 is 49.2 Å². The Hall–Kier alpha value is -6.62. The molecule has 0 bridgehead atoms. The van der Waals surface area contributed by atoms with Crippen molar-refractivity contribution in [3.8, 4) is 23.5 Å². The molecule has 10 rings (SSSR count). The van der Waals surface area contributed by atoms with E-state index >= 15 is 0 Å². The molecule has 0 spiro atoms. The lowest BCUT2D eigenvalue weighted by Gasteiger charge is -2.23. The van der Waals surface area contributed by atoms with Gasteiger partial charge in [0.2, 0.25) is 0 Å². The third-order valence-electron chi connectivity index (χ3n) is 10.6. The summed E-state index contributed by atoms with van der Waals surface area (Å²) in [6, 6.07) is 53.8. The van der Waals surface area contributed by atoms with E-state index in [-0.39, 0.29) is 5.92 Å². The molecule has 1 saturated carbocycles. The predicted octanol–water partition coefficient (Wildman–Crippen LogP) is 10.8. The second-order valence-corrected chi connectivity index (χ2v) is 13.1. The van der Waals surface area contributed by atoms with Crippen LogP contribution in [0.1, 0.15) is 29.0 Å². The van der Waals surface area contributed by atoms with Crippen molar-refractivity contribution in [3.05, 3.63) is 173 Å². The summed E-state index contributed by atoms with van der Waals surface area (Å²) in [4.78, 5) is 0. The monoisotopic (exact) mass is 624 g/mol. The van der Waals surface area contributed by atoms with E-state index < -0.39 is 0 Å². The van der Waals surface area contributed by atoms with E-state index in [1.807, 2.05) is 12.1 Å². The van der Waals surface area contributed by atoms with Gasteiger partial charge in [-0.3, -0.25) is 0 Å². The van der Waals surface area contributed by atoms with Crippen LogP contribution >= 0.6 is 0 Å². The molecule has 2 heterocycles. The van der Waals surface area contributed by atoms with Crippen molar-refractivity contribution in [2.45, 2.75) is 12.3 Å². The molecule has 49 heavy (non-hydrogen) atoms. The zero-order chi connectivity index (χ0) is 32.6. The van der Waals surface area contributed by atoms with E-state index in [0.29, 0.717) is 11.5 Å². The van der Waals surface area contributed by atoms with Gasteiger partial charge in [0, 0.05) is 38.8 Å². The SMILES string of the molecule is N#CC1=C2CC2C(c2ccccc2-n2c3ccccc3c3cc(C#N)ccc32)C=C1c1ccc(-n2c3ccccc3c3ccccc32)cc1. The summed E-state index contributed by atoms with van der Waals surface area (Å²) in [6.07, 6.45) is 3.27. The minimum atomic E-state index is 0.130. The fourth-order valence-corrected chi connectivity index (χ4v) is 8.31. The second-order valence-electron chi connectivity index (χ2n) is 13.1. The zero-order valence-corrected chi connectivity index (χ0v) is 26.5. The predicted molar refractivity (Wildman–Crippen MR) is 198 cm³/mol. The Kier molecular flexibility index (Phi) is 5.86. The Morgan fingerprint density at radius 3 is 1.82 bits per heavy atom. The Balaban J connectivity index is 1.11. The molecule has 0 amide bonds. The van der Waals surface area contributed by atoms with Gasteiger partial charge in [0.15, 0.2) is 0 Å². The third-order valence-corrected chi connectivity index (χ3v) is 10.6. The van der Waals surface area contributed by atoms with E-state index in [9.17, 15) is 10.5 Å². The summed E-state index contributed by atoms with van der Waals surface area (Å²) < 4.78 is 4.68. The highest BCUT2D eigenvalue weighted by Crippen LogP contribution is 2.57. The molecule has 8 aromatic rings. The Morgan fingerprint density at radius 1 is 0.551 bits per heavy atom. The quantitative estimate of drug-likeness (QED) is 0.196. The Bertz CT molecular complexity index is 2770. The Labute approximate surface area is 283 Å². The van der Waals surface area contributed by atoms with Gasteiger partial charge in [0.05, 0.1) is 45.3 Å². The molecular formula is C45H28N4. The van der Waals surface area contributed by atoms with E-state index in [0.717, 1.165) is 56.3 Å². The summed E-state index contributed by atoms with van der Waals surface area (Å²) in [5.41, 5.74) is 12.8. The van der Waals surface area contributed by atoms with Crippen LogP contribution in [-0.2, 0) is 0 Å². The number of hydrogen-bond acceptors (Lipinski definition) is 2. The number of benzene rings is 6. The van der Waals surface area contributed by atoms with Crippen molar-refractivity contribution in [2.75, 3.05) is 0 Å². The molecule has 4 nitrogen and oxygen atoms in total. The number of aromatic nitrogens is 2. The molecular weight excluding hydrogens is 597 g/mol. The summed E-state index contributed by atoms with van der Waals surface area (Å²) in [5.74, 6) is 0.444. The highest BCUT2D eigenvalue weighted by atomic mass is 15.0. The lowest BCUT2D eigenvalue weighted by atomic mass is 9.82. The average molecular weight is 625 g/mol. The maximum Gasteiger partial charge on any atom is 0.0997 e. The van der Waals surface area contributed by atoms with Crippen LogP contribution in [0.3, 0.4) is 0 Å². The topological polar surface area (TPSA) is 57.4 Å². The lowest BCUT2D eigenvalue weighted by Crippen LogP contribution is -2.09. The van der Waals surface area contributed by atoms with Crippen LogP contribution in [0, 0.1) is 28.6 Å². The van der Waals surface area contributed by atoms with Crippen LogP contribution in [0.2, 0.25) is 0 Å². The maximum absolute atomic E-state index is 10.4. The van der Waals surface area contributed by atoms with Gasteiger partial charge in [-0.05, 0) is 89.2 Å². The molecule has 2 unspecified atom stereocenters. The van der Waals surface area contributed by atoms with Gasteiger partial charge in [-0.2, -0.15) is 10.5 Å². The van der Waals surface area contributed by atoms with Crippen LogP contribution in [0.15, 0.2) is 157 Å². The first kappa shape index (κ1) is 27.5. The normalized spacial score (nSPS) is 16.9. The number of rotatable bonds is 4. The highest BCUT2D eigenvalue weighted by Gasteiger charge is 2.44. The number of fused-ring (bicyclic) bond motifs is 7. The first-order chi connectivity index (χ1) is 24.2. The van der Waals surface area contributed by atoms with E-state index in [1.54, 1.807) is 0 Å². The molecule has 6 aromatic carbocycles. The lowest BCUT2D eigenvalue weighted by molar-refractivity contribution is 0.741. The van der Waals surface area contributed by atoms with Gasteiger partial charge >= 0.3 is 0 Å². The van der Waals surface area contributed by atoms with Gasteiger partial charge in [0.25, 0.3) is 0 Å². The van der Waals surface area contributed by atoms with Crippen molar-refractivity contribution in [1.29, 1.82) is 10.5 Å². The first-order valence-corrected chi connectivity index (χ1v) is 16.7. The molecule has 0 N–H and O–H groups in total. The smallest absolute Gasteiger partial charge is 0.0997 e. The van der Waals surface area contributed by atoms with Crippen molar-refractivity contribution in [2.24, 2.45) is 5.92 Å². The number of allylic oxidation sites excluding steroid dienone is 4. The molecule has 2 atom stereocenters. The van der Waals surface area contributed by atoms with Gasteiger partial charge in [0.1, 0.15) is 0 Å². The largest absolute Gasteiger partial charge is 0.309 e. The fraction of sp³-hybridized carbons (Fsp3) is 0.0667. The van der Waals surface area contributed by atoms with Gasteiger partial charge in [-0.25, -0.2) is 0 Å². The van der Waals surface area contributed by atoms with Crippen LogP contribution in [0.4, 0.5) is 0 Å². The molecule has 0 radical (unpaired) electrons. The number of nitriles is 2. The standard InChI is InChI=1S/C45H28N4/c46-26-28-17-22-45-39(23-28)34-12-4-8-16-44(34)49(45)43-15-7-3-11-33(43)36-24-35(40(27-47)38-25-37(36)38)29-18-20-30(21-19-29)48-41-13-5-1-9-31(41)32-10-2-6-14-42(32)48/h1-24,36-37H,25H2. The van der Waals surface area contributed by atoms with E-state index in [1.165, 1.54) is 32.9 Å². The maximum atomic E-state index is 10.4. The van der Waals surface area contributed by atoms with Crippen LogP contribution in [-0.4, -0.2) is 9.13 Å². The van der Waals surface area contributed by atoms with Gasteiger partial charge in [-0.1, -0.05) is 91.0 Å². The molecule has 2 aromatic heterocycles. The molecule has 4 heteroatoms. The minimum absolute atomic E-state index is 0.130. The molecule has 228 valence electrons. The van der Waals surface area contributed by atoms with Crippen LogP contribution < -0.4 is 0 Å². The number of nitrogens with zero attached hydrogens (tertiary/aromatic N) is 4. The second kappa shape index (κ2) is 10.4. The molecule has 0 saturated heterocycles. The zero-order valence-electron chi connectivity index (χ0n) is 26.5. The Morgan fingerprint density at radius 2 is 1.14 bits per heavy atom. The van der Waals surface area contributed by atoms with Crippen LogP contribution in [0.25, 0.3) is 60.6 Å². The van der Waals surface area contributed by atoms with Crippen molar-refractivity contribution in [3.63, 3.8) is 0 Å². The summed E-state index contributed by atoms with van der Waals surface area (Å²) >= 11 is 0. The third kappa shape index (κ3) is 4.02.